The van der Waals surface area contributed by atoms with E-state index in [1.54, 1.807) is 0 Å². The fourth-order valence-corrected chi connectivity index (χ4v) is 1.78. The molecule has 1 aromatic rings. The van der Waals surface area contributed by atoms with Gasteiger partial charge >= 0.3 is 12.1 Å². The van der Waals surface area contributed by atoms with Crippen LogP contribution in [-0.4, -0.2) is 52.7 Å². The van der Waals surface area contributed by atoms with Gasteiger partial charge in [0.2, 0.25) is 0 Å². The van der Waals surface area contributed by atoms with Gasteiger partial charge in [-0.1, -0.05) is 0 Å². The van der Waals surface area contributed by atoms with Gasteiger partial charge in [-0.3, -0.25) is 4.68 Å². The van der Waals surface area contributed by atoms with Crippen LogP contribution < -0.4 is 10.2 Å². The van der Waals surface area contributed by atoms with Crippen molar-refractivity contribution in [3.63, 3.8) is 0 Å². The summed E-state index contributed by atoms with van der Waals surface area (Å²) in [6, 6.07) is 0.568. The molecule has 0 amide bonds. The Morgan fingerprint density at radius 3 is 2.55 bits per heavy atom. The minimum Gasteiger partial charge on any atom is -0.475 e. The van der Waals surface area contributed by atoms with Crippen LogP contribution in [0, 0.1) is 0 Å². The average Bonchev–Trinajstić information content (AvgIpc) is 2.76. The van der Waals surface area contributed by atoms with Gasteiger partial charge in [0, 0.05) is 38.9 Å². The summed E-state index contributed by atoms with van der Waals surface area (Å²) in [7, 11) is 1.95. The third-order valence-corrected chi connectivity index (χ3v) is 2.77. The van der Waals surface area contributed by atoms with Gasteiger partial charge < -0.3 is 15.3 Å². The molecule has 1 aromatic heterocycles. The van der Waals surface area contributed by atoms with Gasteiger partial charge in [-0.25, -0.2) is 4.79 Å². The molecule has 1 atom stereocenters. The van der Waals surface area contributed by atoms with Crippen molar-refractivity contribution in [2.45, 2.75) is 19.1 Å². The largest absolute Gasteiger partial charge is 0.490 e. The van der Waals surface area contributed by atoms with Crippen LogP contribution in [0.25, 0.3) is 0 Å². The fourth-order valence-electron chi connectivity index (χ4n) is 1.78. The molecule has 0 bridgehead atoms. The van der Waals surface area contributed by atoms with Gasteiger partial charge in [0.1, 0.15) is 0 Å². The lowest BCUT2D eigenvalue weighted by Gasteiger charge is -2.34. The lowest BCUT2D eigenvalue weighted by molar-refractivity contribution is -0.192. The number of piperazine rings is 1. The SMILES string of the molecule is CC1CNCCN1c1cnn(C)c1.O=C(O)C(F)(F)F. The van der Waals surface area contributed by atoms with Gasteiger partial charge in [0.15, 0.2) is 0 Å². The van der Waals surface area contributed by atoms with Crippen LogP contribution in [-0.2, 0) is 11.8 Å². The summed E-state index contributed by atoms with van der Waals surface area (Å²) in [5, 5.41) is 14.7. The summed E-state index contributed by atoms with van der Waals surface area (Å²) in [5.74, 6) is -2.76. The number of aliphatic carboxylic acids is 1. The van der Waals surface area contributed by atoms with Crippen LogP contribution in [0.2, 0.25) is 0 Å². The molecule has 1 aliphatic heterocycles. The van der Waals surface area contributed by atoms with Gasteiger partial charge in [0.05, 0.1) is 11.9 Å². The molecule has 0 aliphatic carbocycles. The molecule has 1 fully saturated rings. The zero-order chi connectivity index (χ0) is 15.3. The van der Waals surface area contributed by atoms with Crippen molar-refractivity contribution in [3.8, 4) is 0 Å². The monoisotopic (exact) mass is 294 g/mol. The molecule has 2 heterocycles. The predicted molar refractivity (Wildman–Crippen MR) is 66.6 cm³/mol. The highest BCUT2D eigenvalue weighted by Gasteiger charge is 2.38. The van der Waals surface area contributed by atoms with Crippen LogP contribution in [0.1, 0.15) is 6.92 Å². The molecule has 1 unspecified atom stereocenters. The molecule has 9 heteroatoms. The Bertz CT molecular complexity index is 447. The van der Waals surface area contributed by atoms with E-state index >= 15 is 0 Å². The Kier molecular flexibility index (Phi) is 5.37. The van der Waals surface area contributed by atoms with Crippen molar-refractivity contribution >= 4 is 11.7 Å². The first-order chi connectivity index (χ1) is 9.21. The van der Waals surface area contributed by atoms with Crippen molar-refractivity contribution in [2.75, 3.05) is 24.5 Å². The minimum absolute atomic E-state index is 0.568. The van der Waals surface area contributed by atoms with Crippen molar-refractivity contribution in [1.29, 1.82) is 0 Å². The van der Waals surface area contributed by atoms with Gasteiger partial charge in [-0.2, -0.15) is 18.3 Å². The van der Waals surface area contributed by atoms with E-state index in [2.05, 4.69) is 28.4 Å². The number of anilines is 1. The van der Waals surface area contributed by atoms with E-state index in [0.29, 0.717) is 6.04 Å². The molecule has 114 valence electrons. The maximum atomic E-state index is 10.6. The number of rotatable bonds is 1. The Morgan fingerprint density at radius 1 is 1.55 bits per heavy atom. The molecule has 2 N–H and O–H groups in total. The number of nitrogens with one attached hydrogen (secondary N) is 1. The Balaban J connectivity index is 0.000000246. The van der Waals surface area contributed by atoms with Crippen molar-refractivity contribution in [1.82, 2.24) is 15.1 Å². The van der Waals surface area contributed by atoms with Gasteiger partial charge in [-0.15, -0.1) is 0 Å². The number of nitrogens with zero attached hydrogens (tertiary/aromatic N) is 3. The van der Waals surface area contributed by atoms with E-state index in [4.69, 9.17) is 9.90 Å². The molecule has 2 rings (SSSR count). The molecule has 0 spiro atoms. The summed E-state index contributed by atoms with van der Waals surface area (Å²) in [5.41, 5.74) is 1.23. The van der Waals surface area contributed by atoms with E-state index in [-0.39, 0.29) is 0 Å². The summed E-state index contributed by atoms with van der Waals surface area (Å²) < 4.78 is 33.6. The number of carboxylic acid groups (broad SMARTS) is 1. The number of alkyl halides is 3. The zero-order valence-corrected chi connectivity index (χ0v) is 11.2. The number of aryl methyl sites for hydroxylation is 1. The summed E-state index contributed by atoms with van der Waals surface area (Å²) >= 11 is 0. The van der Waals surface area contributed by atoms with Crippen LogP contribution >= 0.6 is 0 Å². The van der Waals surface area contributed by atoms with E-state index in [1.807, 2.05) is 17.9 Å². The van der Waals surface area contributed by atoms with E-state index in [0.717, 1.165) is 19.6 Å². The van der Waals surface area contributed by atoms with Crippen molar-refractivity contribution in [3.05, 3.63) is 12.4 Å². The Labute approximate surface area is 114 Å². The molecule has 1 saturated heterocycles. The highest BCUT2D eigenvalue weighted by molar-refractivity contribution is 5.73. The lowest BCUT2D eigenvalue weighted by Crippen LogP contribution is -2.49. The third-order valence-electron chi connectivity index (χ3n) is 2.77. The van der Waals surface area contributed by atoms with Crippen LogP contribution in [0.4, 0.5) is 18.9 Å². The molecule has 20 heavy (non-hydrogen) atoms. The van der Waals surface area contributed by atoms with Crippen LogP contribution in [0.5, 0.6) is 0 Å². The maximum absolute atomic E-state index is 10.6. The molecular weight excluding hydrogens is 277 g/mol. The van der Waals surface area contributed by atoms with E-state index in [1.165, 1.54) is 5.69 Å². The quantitative estimate of drug-likeness (QED) is 0.803. The van der Waals surface area contributed by atoms with Crippen molar-refractivity contribution in [2.24, 2.45) is 7.05 Å². The highest BCUT2D eigenvalue weighted by atomic mass is 19.4. The second-order valence-electron chi connectivity index (χ2n) is 4.42. The molecule has 0 saturated carbocycles. The summed E-state index contributed by atoms with van der Waals surface area (Å²) in [6.45, 7) is 5.44. The number of hydrogen-bond donors (Lipinski definition) is 2. The minimum atomic E-state index is -5.08. The van der Waals surface area contributed by atoms with Crippen LogP contribution in [0.15, 0.2) is 12.4 Å². The third kappa shape index (κ3) is 4.72. The Hall–Kier alpha value is -1.77. The zero-order valence-electron chi connectivity index (χ0n) is 11.2. The molecule has 6 nitrogen and oxygen atoms in total. The molecule has 0 aromatic carbocycles. The van der Waals surface area contributed by atoms with Crippen LogP contribution in [0.3, 0.4) is 0 Å². The first-order valence-corrected chi connectivity index (χ1v) is 5.98. The molecule has 1 aliphatic rings. The maximum Gasteiger partial charge on any atom is 0.490 e. The predicted octanol–water partition coefficient (Wildman–Crippen LogP) is 0.851. The normalized spacial score (nSPS) is 19.2. The molecular formula is C11H17F3N4O2. The second kappa shape index (κ2) is 6.60. The average molecular weight is 294 g/mol. The van der Waals surface area contributed by atoms with Gasteiger partial charge in [-0.05, 0) is 6.92 Å². The molecule has 0 radical (unpaired) electrons. The van der Waals surface area contributed by atoms with Crippen molar-refractivity contribution < 1.29 is 23.1 Å². The standard InChI is InChI=1S/C9H16N4.C2HF3O2/c1-8-5-10-3-4-13(8)9-6-11-12(2)7-9;3-2(4,5)1(6)7/h6-8,10H,3-5H2,1-2H3;(H,6,7). The van der Waals surface area contributed by atoms with E-state index < -0.39 is 12.1 Å². The summed E-state index contributed by atoms with van der Waals surface area (Å²) in [4.78, 5) is 11.3. The lowest BCUT2D eigenvalue weighted by atomic mass is 10.2. The summed E-state index contributed by atoms with van der Waals surface area (Å²) in [6.07, 6.45) is -1.08. The fraction of sp³-hybridized carbons (Fsp3) is 0.636. The Morgan fingerprint density at radius 2 is 2.15 bits per heavy atom. The van der Waals surface area contributed by atoms with Gasteiger partial charge in [0.25, 0.3) is 0 Å². The smallest absolute Gasteiger partial charge is 0.475 e. The topological polar surface area (TPSA) is 70.4 Å². The number of carboxylic acids is 1. The number of hydrogen-bond acceptors (Lipinski definition) is 4. The number of halogens is 3. The van der Waals surface area contributed by atoms with E-state index in [9.17, 15) is 13.2 Å². The number of aromatic nitrogens is 2. The highest BCUT2D eigenvalue weighted by Crippen LogP contribution is 2.16. The first-order valence-electron chi connectivity index (χ1n) is 5.98. The number of carbonyl (C=O) groups is 1. The first kappa shape index (κ1) is 16.3. The second-order valence-corrected chi connectivity index (χ2v) is 4.42.